The number of hydrogen-bond donors (Lipinski definition) is 3. The molecular formula is C15H25N3O2. The Balaban J connectivity index is 2.39. The second kappa shape index (κ2) is 9.34. The van der Waals surface area contributed by atoms with Gasteiger partial charge in [0.25, 0.3) is 0 Å². The molecule has 0 heterocycles. The molecule has 0 aliphatic carbocycles. The van der Waals surface area contributed by atoms with Crippen molar-refractivity contribution in [3.63, 3.8) is 0 Å². The summed E-state index contributed by atoms with van der Waals surface area (Å²) >= 11 is 0. The van der Waals surface area contributed by atoms with E-state index in [-0.39, 0.29) is 6.03 Å². The Bertz CT molecular complexity index is 393. The van der Waals surface area contributed by atoms with E-state index in [1.54, 1.807) is 0 Å². The topological polar surface area (TPSA) is 62.4 Å². The van der Waals surface area contributed by atoms with Gasteiger partial charge in [-0.25, -0.2) is 4.79 Å². The predicted molar refractivity (Wildman–Crippen MR) is 82.0 cm³/mol. The lowest BCUT2D eigenvalue weighted by molar-refractivity contribution is 0.150. The number of nitrogens with one attached hydrogen (secondary N) is 3. The number of amides is 2. The normalized spacial score (nSPS) is 11.9. The molecule has 0 spiro atoms. The summed E-state index contributed by atoms with van der Waals surface area (Å²) in [7, 11) is 0. The van der Waals surface area contributed by atoms with E-state index >= 15 is 0 Å². The first-order valence-electron chi connectivity index (χ1n) is 7.13. The van der Waals surface area contributed by atoms with Gasteiger partial charge in [0.2, 0.25) is 0 Å². The van der Waals surface area contributed by atoms with E-state index in [1.165, 1.54) is 5.56 Å². The van der Waals surface area contributed by atoms with Crippen LogP contribution in [0.5, 0.6) is 0 Å². The molecule has 1 aromatic rings. The largest absolute Gasteiger partial charge is 0.380 e. The molecule has 3 N–H and O–H groups in total. The van der Waals surface area contributed by atoms with Gasteiger partial charge in [0.15, 0.2) is 0 Å². The van der Waals surface area contributed by atoms with E-state index in [0.717, 1.165) is 12.2 Å². The highest BCUT2D eigenvalue weighted by atomic mass is 16.5. The van der Waals surface area contributed by atoms with Crippen LogP contribution in [0, 0.1) is 0 Å². The number of rotatable bonds is 8. The minimum atomic E-state index is -0.211. The maximum Gasteiger partial charge on any atom is 0.319 e. The Kier molecular flexibility index (Phi) is 7.69. The van der Waals surface area contributed by atoms with E-state index in [2.05, 4.69) is 29.8 Å². The van der Waals surface area contributed by atoms with Crippen LogP contribution in [0.15, 0.2) is 24.3 Å². The van der Waals surface area contributed by atoms with Gasteiger partial charge >= 0.3 is 6.03 Å². The Morgan fingerprint density at radius 1 is 1.25 bits per heavy atom. The molecule has 0 radical (unpaired) electrons. The van der Waals surface area contributed by atoms with Gasteiger partial charge < -0.3 is 20.7 Å². The Morgan fingerprint density at radius 2 is 1.95 bits per heavy atom. The molecule has 0 fully saturated rings. The summed E-state index contributed by atoms with van der Waals surface area (Å²) in [6.07, 6.45) is 0. The van der Waals surface area contributed by atoms with Gasteiger partial charge in [0.05, 0.1) is 6.61 Å². The minimum absolute atomic E-state index is 0.211. The predicted octanol–water partition coefficient (Wildman–Crippen LogP) is 2.52. The number of hydrogen-bond acceptors (Lipinski definition) is 3. The SMILES string of the molecule is CCNC(C)c1ccc(NC(=O)NCCOCC)cc1. The molecular weight excluding hydrogens is 254 g/mol. The number of ether oxygens (including phenoxy) is 1. The highest BCUT2D eigenvalue weighted by Gasteiger charge is 2.04. The summed E-state index contributed by atoms with van der Waals surface area (Å²) in [5.41, 5.74) is 1.99. The first-order chi connectivity index (χ1) is 9.67. The van der Waals surface area contributed by atoms with Gasteiger partial charge in [-0.1, -0.05) is 19.1 Å². The number of carbonyl (C=O) groups is 1. The molecule has 5 nitrogen and oxygen atoms in total. The molecule has 0 aliphatic heterocycles. The molecule has 2 amide bonds. The molecule has 1 aromatic carbocycles. The average Bonchev–Trinajstić information content (AvgIpc) is 2.45. The van der Waals surface area contributed by atoms with Crippen molar-refractivity contribution in [3.8, 4) is 0 Å². The fourth-order valence-electron chi connectivity index (χ4n) is 1.84. The summed E-state index contributed by atoms with van der Waals surface area (Å²) in [5, 5.41) is 8.88. The van der Waals surface area contributed by atoms with E-state index in [1.807, 2.05) is 31.2 Å². The molecule has 1 unspecified atom stereocenters. The van der Waals surface area contributed by atoms with Crippen LogP contribution in [-0.4, -0.2) is 32.3 Å². The van der Waals surface area contributed by atoms with Crippen molar-refractivity contribution in [2.24, 2.45) is 0 Å². The summed E-state index contributed by atoms with van der Waals surface area (Å²) in [6, 6.07) is 7.95. The summed E-state index contributed by atoms with van der Waals surface area (Å²) in [4.78, 5) is 11.6. The van der Waals surface area contributed by atoms with Crippen LogP contribution >= 0.6 is 0 Å². The van der Waals surface area contributed by atoms with Gasteiger partial charge in [-0.2, -0.15) is 0 Å². The van der Waals surface area contributed by atoms with Crippen molar-refractivity contribution in [2.75, 3.05) is 31.6 Å². The smallest absolute Gasteiger partial charge is 0.319 e. The number of benzene rings is 1. The van der Waals surface area contributed by atoms with Gasteiger partial charge in [-0.05, 0) is 38.1 Å². The van der Waals surface area contributed by atoms with E-state index in [4.69, 9.17) is 4.74 Å². The lowest BCUT2D eigenvalue weighted by atomic mass is 10.1. The lowest BCUT2D eigenvalue weighted by Gasteiger charge is -2.13. The molecule has 0 bridgehead atoms. The second-order valence-corrected chi connectivity index (χ2v) is 4.48. The highest BCUT2D eigenvalue weighted by molar-refractivity contribution is 5.89. The van der Waals surface area contributed by atoms with Crippen molar-refractivity contribution >= 4 is 11.7 Å². The summed E-state index contributed by atoms with van der Waals surface area (Å²) < 4.78 is 5.15. The van der Waals surface area contributed by atoms with Gasteiger partial charge in [0.1, 0.15) is 0 Å². The zero-order valence-electron chi connectivity index (χ0n) is 12.5. The molecule has 0 aliphatic rings. The fraction of sp³-hybridized carbons (Fsp3) is 0.533. The molecule has 112 valence electrons. The number of carbonyl (C=O) groups excluding carboxylic acids is 1. The van der Waals surface area contributed by atoms with Crippen molar-refractivity contribution < 1.29 is 9.53 Å². The lowest BCUT2D eigenvalue weighted by Crippen LogP contribution is -2.31. The third-order valence-corrected chi connectivity index (χ3v) is 2.91. The minimum Gasteiger partial charge on any atom is -0.380 e. The number of urea groups is 1. The fourth-order valence-corrected chi connectivity index (χ4v) is 1.84. The quantitative estimate of drug-likeness (QED) is 0.641. The summed E-state index contributed by atoms with van der Waals surface area (Å²) in [5.74, 6) is 0. The third-order valence-electron chi connectivity index (χ3n) is 2.91. The first kappa shape index (κ1) is 16.5. The first-order valence-corrected chi connectivity index (χ1v) is 7.13. The molecule has 20 heavy (non-hydrogen) atoms. The van der Waals surface area contributed by atoms with Crippen LogP contribution in [0.2, 0.25) is 0 Å². The maximum atomic E-state index is 11.6. The van der Waals surface area contributed by atoms with Crippen LogP contribution in [0.3, 0.4) is 0 Å². The Morgan fingerprint density at radius 3 is 2.55 bits per heavy atom. The van der Waals surface area contributed by atoms with Crippen LogP contribution in [-0.2, 0) is 4.74 Å². The summed E-state index contributed by atoms with van der Waals surface area (Å²) in [6.45, 7) is 8.76. The van der Waals surface area contributed by atoms with Crippen LogP contribution in [0.1, 0.15) is 32.4 Å². The van der Waals surface area contributed by atoms with Crippen LogP contribution in [0.4, 0.5) is 10.5 Å². The molecule has 1 rings (SSSR count). The molecule has 0 saturated carbocycles. The zero-order valence-corrected chi connectivity index (χ0v) is 12.5. The van der Waals surface area contributed by atoms with Gasteiger partial charge in [-0.3, -0.25) is 0 Å². The van der Waals surface area contributed by atoms with E-state index < -0.39 is 0 Å². The van der Waals surface area contributed by atoms with Crippen LogP contribution in [0.25, 0.3) is 0 Å². The van der Waals surface area contributed by atoms with E-state index in [9.17, 15) is 4.79 Å². The molecule has 0 saturated heterocycles. The average molecular weight is 279 g/mol. The van der Waals surface area contributed by atoms with Gasteiger partial charge in [0, 0.05) is 24.9 Å². The Hall–Kier alpha value is -1.59. The standard InChI is InChI=1S/C15H25N3O2/c1-4-16-12(3)13-6-8-14(9-7-13)18-15(19)17-10-11-20-5-2/h6-9,12,16H,4-5,10-11H2,1-3H3,(H2,17,18,19). The van der Waals surface area contributed by atoms with Crippen molar-refractivity contribution in [1.82, 2.24) is 10.6 Å². The van der Waals surface area contributed by atoms with Crippen molar-refractivity contribution in [1.29, 1.82) is 0 Å². The molecule has 5 heteroatoms. The molecule has 1 atom stereocenters. The Labute approximate surface area is 121 Å². The highest BCUT2D eigenvalue weighted by Crippen LogP contribution is 2.15. The number of anilines is 1. The van der Waals surface area contributed by atoms with Crippen molar-refractivity contribution in [2.45, 2.75) is 26.8 Å². The van der Waals surface area contributed by atoms with Crippen molar-refractivity contribution in [3.05, 3.63) is 29.8 Å². The second-order valence-electron chi connectivity index (χ2n) is 4.48. The maximum absolute atomic E-state index is 11.6. The molecule has 0 aromatic heterocycles. The third kappa shape index (κ3) is 6.04. The van der Waals surface area contributed by atoms with Gasteiger partial charge in [-0.15, -0.1) is 0 Å². The van der Waals surface area contributed by atoms with Crippen LogP contribution < -0.4 is 16.0 Å². The zero-order chi connectivity index (χ0) is 14.8. The monoisotopic (exact) mass is 279 g/mol. The van der Waals surface area contributed by atoms with E-state index in [0.29, 0.717) is 25.8 Å².